The second kappa shape index (κ2) is 5.27. The molecule has 0 saturated carbocycles. The second-order valence-electron chi connectivity index (χ2n) is 3.56. The molecule has 0 saturated heterocycles. The number of nitrogens with two attached hydrogens (primary N) is 1. The van der Waals surface area contributed by atoms with E-state index in [2.05, 4.69) is 42.5 Å². The molecule has 1 rings (SSSR count). The van der Waals surface area contributed by atoms with Crippen molar-refractivity contribution in [3.05, 3.63) is 24.3 Å². The molecule has 14 heavy (non-hydrogen) atoms. The van der Waals surface area contributed by atoms with E-state index < -0.39 is 0 Å². The summed E-state index contributed by atoms with van der Waals surface area (Å²) in [5.41, 5.74) is 6.96. The lowest BCUT2D eigenvalue weighted by molar-refractivity contribution is 0.717. The fraction of sp³-hybridized carbons (Fsp3) is 0.455. The van der Waals surface area contributed by atoms with Crippen LogP contribution in [0, 0.1) is 0 Å². The summed E-state index contributed by atoms with van der Waals surface area (Å²) in [7, 11) is 2.07. The van der Waals surface area contributed by atoms with E-state index in [0.29, 0.717) is 0 Å². The Balaban J connectivity index is 2.66. The van der Waals surface area contributed by atoms with Crippen molar-refractivity contribution in [2.24, 2.45) is 5.73 Å². The molecule has 3 heteroatoms. The predicted molar refractivity (Wildman–Crippen MR) is 65.1 cm³/mol. The molecule has 2 N–H and O–H groups in total. The van der Waals surface area contributed by atoms with Crippen LogP contribution in [0.15, 0.2) is 29.2 Å². The summed E-state index contributed by atoms with van der Waals surface area (Å²) in [5, 5.41) is 0. The Morgan fingerprint density at radius 1 is 1.36 bits per heavy atom. The topological polar surface area (TPSA) is 29.3 Å². The summed E-state index contributed by atoms with van der Waals surface area (Å²) < 4.78 is 0. The minimum atomic E-state index is 0.209. The van der Waals surface area contributed by atoms with E-state index in [1.165, 1.54) is 10.6 Å². The minimum absolute atomic E-state index is 0.209. The van der Waals surface area contributed by atoms with Crippen molar-refractivity contribution in [1.82, 2.24) is 0 Å². The van der Waals surface area contributed by atoms with Gasteiger partial charge < -0.3 is 10.6 Å². The number of nitrogens with zero attached hydrogens (tertiary/aromatic N) is 1. The number of hydrogen-bond donors (Lipinski definition) is 1. The maximum Gasteiger partial charge on any atom is 0.0364 e. The first kappa shape index (κ1) is 11.4. The largest absolute Gasteiger partial charge is 0.373 e. The van der Waals surface area contributed by atoms with Gasteiger partial charge in [0.25, 0.3) is 0 Å². The summed E-state index contributed by atoms with van der Waals surface area (Å²) in [4.78, 5) is 3.47. The number of benzene rings is 1. The lowest BCUT2D eigenvalue weighted by Crippen LogP contribution is -2.32. The Kier molecular flexibility index (Phi) is 4.29. The Hall–Kier alpha value is -0.670. The van der Waals surface area contributed by atoms with Gasteiger partial charge in [0.05, 0.1) is 0 Å². The molecule has 0 aliphatic heterocycles. The lowest BCUT2D eigenvalue weighted by Gasteiger charge is -2.21. The van der Waals surface area contributed by atoms with E-state index in [9.17, 15) is 0 Å². The normalized spacial score (nSPS) is 12.6. The van der Waals surface area contributed by atoms with Crippen LogP contribution in [0.25, 0.3) is 0 Å². The fourth-order valence-electron chi connectivity index (χ4n) is 1.37. The van der Waals surface area contributed by atoms with E-state index in [1.54, 1.807) is 11.8 Å². The zero-order valence-corrected chi connectivity index (χ0v) is 9.84. The van der Waals surface area contributed by atoms with Crippen LogP contribution in [0.1, 0.15) is 6.92 Å². The molecule has 1 atom stereocenters. The molecule has 1 unspecified atom stereocenters. The molecule has 78 valence electrons. The van der Waals surface area contributed by atoms with Crippen LogP contribution in [0.5, 0.6) is 0 Å². The molecule has 0 fully saturated rings. The first-order chi connectivity index (χ1) is 6.63. The first-order valence-electron chi connectivity index (χ1n) is 4.74. The lowest BCUT2D eigenvalue weighted by atomic mass is 10.2. The van der Waals surface area contributed by atoms with Gasteiger partial charge in [-0.25, -0.2) is 0 Å². The molecule has 0 heterocycles. The van der Waals surface area contributed by atoms with Crippen LogP contribution in [0.4, 0.5) is 5.69 Å². The van der Waals surface area contributed by atoms with Gasteiger partial charge in [0.15, 0.2) is 0 Å². The Labute approximate surface area is 90.5 Å². The third kappa shape index (κ3) is 3.24. The van der Waals surface area contributed by atoms with Gasteiger partial charge >= 0.3 is 0 Å². The van der Waals surface area contributed by atoms with E-state index in [4.69, 9.17) is 5.73 Å². The Bertz CT molecular complexity index is 269. The predicted octanol–water partition coefficient (Wildman–Crippen LogP) is 2.19. The second-order valence-corrected chi connectivity index (χ2v) is 4.44. The maximum atomic E-state index is 5.74. The highest BCUT2D eigenvalue weighted by Gasteiger charge is 2.02. The molecule has 0 aromatic heterocycles. The first-order valence-corrected chi connectivity index (χ1v) is 5.96. The molecule has 1 aromatic rings. The molecule has 2 nitrogen and oxygen atoms in total. The van der Waals surface area contributed by atoms with Crippen LogP contribution in [0.3, 0.4) is 0 Å². The summed E-state index contributed by atoms with van der Waals surface area (Å²) in [6.07, 6.45) is 2.08. The molecule has 0 spiro atoms. The zero-order chi connectivity index (χ0) is 10.6. The molecular formula is C11H18N2S. The van der Waals surface area contributed by atoms with Gasteiger partial charge in [-0.2, -0.15) is 0 Å². The summed E-state index contributed by atoms with van der Waals surface area (Å²) in [6, 6.07) is 8.75. The minimum Gasteiger partial charge on any atom is -0.373 e. The van der Waals surface area contributed by atoms with Crippen molar-refractivity contribution in [3.63, 3.8) is 0 Å². The van der Waals surface area contributed by atoms with Gasteiger partial charge in [0, 0.05) is 30.2 Å². The zero-order valence-electron chi connectivity index (χ0n) is 9.03. The van der Waals surface area contributed by atoms with Crippen molar-refractivity contribution in [2.45, 2.75) is 17.9 Å². The summed E-state index contributed by atoms with van der Waals surface area (Å²) >= 11 is 1.76. The molecule has 0 radical (unpaired) electrons. The Morgan fingerprint density at radius 2 is 1.93 bits per heavy atom. The average molecular weight is 210 g/mol. The van der Waals surface area contributed by atoms with Crippen LogP contribution in [0.2, 0.25) is 0 Å². The van der Waals surface area contributed by atoms with Gasteiger partial charge in [-0.3, -0.25) is 0 Å². The molecule has 0 aliphatic carbocycles. The number of likely N-dealkylation sites (N-methyl/N-ethyl adjacent to an activating group) is 1. The van der Waals surface area contributed by atoms with Crippen molar-refractivity contribution >= 4 is 17.4 Å². The van der Waals surface area contributed by atoms with Crippen molar-refractivity contribution in [2.75, 3.05) is 24.7 Å². The van der Waals surface area contributed by atoms with Gasteiger partial charge in [-0.15, -0.1) is 11.8 Å². The van der Waals surface area contributed by atoms with Crippen molar-refractivity contribution in [3.8, 4) is 0 Å². The van der Waals surface area contributed by atoms with Gasteiger partial charge in [-0.1, -0.05) is 0 Å². The van der Waals surface area contributed by atoms with E-state index in [1.807, 2.05) is 6.92 Å². The summed E-state index contributed by atoms with van der Waals surface area (Å²) in [5.74, 6) is 0. The third-order valence-electron chi connectivity index (χ3n) is 2.08. The number of rotatable bonds is 4. The highest BCUT2D eigenvalue weighted by Crippen LogP contribution is 2.19. The third-order valence-corrected chi connectivity index (χ3v) is 2.82. The smallest absolute Gasteiger partial charge is 0.0364 e. The Morgan fingerprint density at radius 3 is 2.36 bits per heavy atom. The molecule has 0 amide bonds. The number of anilines is 1. The monoisotopic (exact) mass is 210 g/mol. The molecule has 1 aromatic carbocycles. The van der Waals surface area contributed by atoms with E-state index >= 15 is 0 Å². The number of hydrogen-bond acceptors (Lipinski definition) is 3. The van der Waals surface area contributed by atoms with Crippen LogP contribution >= 0.6 is 11.8 Å². The highest BCUT2D eigenvalue weighted by molar-refractivity contribution is 7.98. The highest BCUT2D eigenvalue weighted by atomic mass is 32.2. The quantitative estimate of drug-likeness (QED) is 0.772. The van der Waals surface area contributed by atoms with E-state index in [0.717, 1.165) is 6.54 Å². The van der Waals surface area contributed by atoms with Gasteiger partial charge in [-0.05, 0) is 37.4 Å². The van der Waals surface area contributed by atoms with Gasteiger partial charge in [0.2, 0.25) is 0 Å². The van der Waals surface area contributed by atoms with Crippen molar-refractivity contribution < 1.29 is 0 Å². The van der Waals surface area contributed by atoms with Gasteiger partial charge in [0.1, 0.15) is 0 Å². The SMILES string of the molecule is CSc1ccc(N(C)CC(C)N)cc1. The maximum absolute atomic E-state index is 5.74. The molecular weight excluding hydrogens is 192 g/mol. The fourth-order valence-corrected chi connectivity index (χ4v) is 1.78. The molecule has 0 aliphatic rings. The van der Waals surface area contributed by atoms with Crippen LogP contribution in [-0.2, 0) is 0 Å². The number of thioether (sulfide) groups is 1. The van der Waals surface area contributed by atoms with Crippen LogP contribution < -0.4 is 10.6 Å². The van der Waals surface area contributed by atoms with E-state index in [-0.39, 0.29) is 6.04 Å². The average Bonchev–Trinajstić information content (AvgIpc) is 2.17. The van der Waals surface area contributed by atoms with Crippen molar-refractivity contribution in [1.29, 1.82) is 0 Å². The summed E-state index contributed by atoms with van der Waals surface area (Å²) in [6.45, 7) is 2.91. The standard InChI is InChI=1S/C11H18N2S/c1-9(12)8-13(2)10-4-6-11(14-3)7-5-10/h4-7,9H,8,12H2,1-3H3. The molecule has 0 bridgehead atoms. The van der Waals surface area contributed by atoms with Crippen LogP contribution in [-0.4, -0.2) is 25.9 Å².